The molecule has 0 rings (SSSR count). The lowest BCUT2D eigenvalue weighted by molar-refractivity contribution is -0.121. The zero-order valence-corrected chi connectivity index (χ0v) is 11.2. The van der Waals surface area contributed by atoms with Gasteiger partial charge in [0, 0.05) is 12.6 Å². The monoisotopic (exact) mass is 246 g/mol. The summed E-state index contributed by atoms with van der Waals surface area (Å²) < 4.78 is 5.10. The Balaban J connectivity index is 3.33. The van der Waals surface area contributed by atoms with Gasteiger partial charge in [0.1, 0.15) is 0 Å². The van der Waals surface area contributed by atoms with Crippen molar-refractivity contribution in [2.75, 3.05) is 32.9 Å². The molecule has 5 heteroatoms. The Morgan fingerprint density at radius 1 is 1.29 bits per heavy atom. The summed E-state index contributed by atoms with van der Waals surface area (Å²) in [5.74, 6) is 0.480. The molecule has 1 unspecified atom stereocenters. The molecule has 0 aliphatic rings. The molecule has 1 amide bonds. The van der Waals surface area contributed by atoms with E-state index in [0.29, 0.717) is 25.7 Å². The molecule has 0 radical (unpaired) electrons. The molecule has 0 fully saturated rings. The number of rotatable bonds is 10. The molecule has 3 N–H and O–H groups in total. The van der Waals surface area contributed by atoms with Crippen LogP contribution in [0.5, 0.6) is 0 Å². The van der Waals surface area contributed by atoms with Crippen LogP contribution in [0.1, 0.15) is 27.2 Å². The number of aliphatic hydroxyl groups is 1. The van der Waals surface area contributed by atoms with Crippen LogP contribution in [0.15, 0.2) is 0 Å². The SMILES string of the molecule is CC(C)C(C)NC(=O)CNCCCOCCO. The maximum absolute atomic E-state index is 11.5. The second-order valence-corrected chi connectivity index (χ2v) is 4.47. The molecule has 0 aliphatic carbocycles. The number of amides is 1. The summed E-state index contributed by atoms with van der Waals surface area (Å²) in [6, 6.07) is 0.206. The van der Waals surface area contributed by atoms with Gasteiger partial charge in [-0.2, -0.15) is 0 Å². The fraction of sp³-hybridized carbons (Fsp3) is 0.917. The molecule has 0 aliphatic heterocycles. The van der Waals surface area contributed by atoms with Crippen LogP contribution in [-0.4, -0.2) is 50.0 Å². The van der Waals surface area contributed by atoms with Crippen molar-refractivity contribution >= 4 is 5.91 Å². The highest BCUT2D eigenvalue weighted by atomic mass is 16.5. The predicted molar refractivity (Wildman–Crippen MR) is 67.8 cm³/mol. The quantitative estimate of drug-likeness (QED) is 0.479. The largest absolute Gasteiger partial charge is 0.394 e. The molecule has 1 atom stereocenters. The highest BCUT2D eigenvalue weighted by Crippen LogP contribution is 1.98. The number of aliphatic hydroxyl groups excluding tert-OH is 1. The standard InChI is InChI=1S/C12H26N2O3/c1-10(2)11(3)14-12(16)9-13-5-4-7-17-8-6-15/h10-11,13,15H,4-9H2,1-3H3,(H,14,16). The minimum atomic E-state index is 0.0301. The lowest BCUT2D eigenvalue weighted by atomic mass is 10.1. The Hall–Kier alpha value is -0.650. The van der Waals surface area contributed by atoms with Gasteiger partial charge in [0.05, 0.1) is 19.8 Å². The molecular formula is C12H26N2O3. The van der Waals surface area contributed by atoms with Crippen LogP contribution in [0.2, 0.25) is 0 Å². The van der Waals surface area contributed by atoms with Gasteiger partial charge < -0.3 is 20.5 Å². The summed E-state index contributed by atoms with van der Waals surface area (Å²) in [7, 11) is 0. The highest BCUT2D eigenvalue weighted by Gasteiger charge is 2.09. The molecular weight excluding hydrogens is 220 g/mol. The van der Waals surface area contributed by atoms with Gasteiger partial charge in [0.15, 0.2) is 0 Å². The van der Waals surface area contributed by atoms with E-state index in [4.69, 9.17) is 9.84 Å². The summed E-state index contributed by atoms with van der Waals surface area (Å²) >= 11 is 0. The summed E-state index contributed by atoms with van der Waals surface area (Å²) in [6.07, 6.45) is 0.840. The second kappa shape index (κ2) is 10.5. The van der Waals surface area contributed by atoms with E-state index >= 15 is 0 Å². The highest BCUT2D eigenvalue weighted by molar-refractivity contribution is 5.78. The van der Waals surface area contributed by atoms with Crippen LogP contribution >= 0.6 is 0 Å². The van der Waals surface area contributed by atoms with E-state index < -0.39 is 0 Å². The number of nitrogens with one attached hydrogen (secondary N) is 2. The molecule has 0 aromatic heterocycles. The van der Waals surface area contributed by atoms with Crippen LogP contribution in [0.3, 0.4) is 0 Å². The molecule has 0 saturated heterocycles. The zero-order valence-electron chi connectivity index (χ0n) is 11.2. The van der Waals surface area contributed by atoms with Crippen molar-refractivity contribution in [2.45, 2.75) is 33.2 Å². The van der Waals surface area contributed by atoms with Crippen LogP contribution in [0.4, 0.5) is 0 Å². The third kappa shape index (κ3) is 10.2. The van der Waals surface area contributed by atoms with E-state index in [9.17, 15) is 4.79 Å². The van der Waals surface area contributed by atoms with Gasteiger partial charge >= 0.3 is 0 Å². The molecule has 0 aromatic rings. The van der Waals surface area contributed by atoms with Gasteiger partial charge in [-0.25, -0.2) is 0 Å². The maximum atomic E-state index is 11.5. The third-order valence-corrected chi connectivity index (χ3v) is 2.55. The summed E-state index contributed by atoms with van der Waals surface area (Å²) in [4.78, 5) is 11.5. The lowest BCUT2D eigenvalue weighted by Crippen LogP contribution is -2.41. The van der Waals surface area contributed by atoms with Crippen molar-refractivity contribution in [3.63, 3.8) is 0 Å². The van der Waals surface area contributed by atoms with Crippen molar-refractivity contribution in [1.82, 2.24) is 10.6 Å². The fourth-order valence-corrected chi connectivity index (χ4v) is 1.14. The summed E-state index contributed by atoms with van der Waals surface area (Å²) in [6.45, 7) is 8.30. The Labute approximate surface area is 104 Å². The van der Waals surface area contributed by atoms with E-state index in [1.807, 2.05) is 6.92 Å². The first-order valence-corrected chi connectivity index (χ1v) is 6.26. The van der Waals surface area contributed by atoms with Crippen LogP contribution in [0, 0.1) is 5.92 Å². The smallest absolute Gasteiger partial charge is 0.234 e. The number of carbonyl (C=O) groups excluding carboxylic acids is 1. The number of hydrogen-bond acceptors (Lipinski definition) is 4. The van der Waals surface area contributed by atoms with Gasteiger partial charge in [-0.15, -0.1) is 0 Å². The van der Waals surface area contributed by atoms with E-state index in [2.05, 4.69) is 24.5 Å². The number of ether oxygens (including phenoxy) is 1. The number of hydrogen-bond donors (Lipinski definition) is 3. The van der Waals surface area contributed by atoms with Gasteiger partial charge in [0.25, 0.3) is 0 Å². The maximum Gasteiger partial charge on any atom is 0.234 e. The molecule has 0 heterocycles. The molecule has 17 heavy (non-hydrogen) atoms. The Morgan fingerprint density at radius 2 is 2.00 bits per heavy atom. The lowest BCUT2D eigenvalue weighted by Gasteiger charge is -2.17. The van der Waals surface area contributed by atoms with Crippen molar-refractivity contribution < 1.29 is 14.6 Å². The average molecular weight is 246 g/mol. The first kappa shape index (κ1) is 16.4. The van der Waals surface area contributed by atoms with Gasteiger partial charge in [-0.05, 0) is 25.8 Å². The van der Waals surface area contributed by atoms with Crippen molar-refractivity contribution in [2.24, 2.45) is 5.92 Å². The molecule has 0 spiro atoms. The summed E-state index contributed by atoms with van der Waals surface area (Å²) in [5, 5.41) is 14.5. The molecule has 0 saturated carbocycles. The molecule has 0 aromatic carbocycles. The van der Waals surface area contributed by atoms with Crippen LogP contribution in [0.25, 0.3) is 0 Å². The van der Waals surface area contributed by atoms with Gasteiger partial charge in [-0.3, -0.25) is 4.79 Å². The van der Waals surface area contributed by atoms with E-state index in [-0.39, 0.29) is 18.6 Å². The van der Waals surface area contributed by atoms with E-state index in [0.717, 1.165) is 13.0 Å². The first-order chi connectivity index (χ1) is 8.07. The first-order valence-electron chi connectivity index (χ1n) is 6.26. The van der Waals surface area contributed by atoms with E-state index in [1.54, 1.807) is 0 Å². The van der Waals surface area contributed by atoms with Crippen LogP contribution in [-0.2, 0) is 9.53 Å². The topological polar surface area (TPSA) is 70.6 Å². The Morgan fingerprint density at radius 3 is 2.59 bits per heavy atom. The van der Waals surface area contributed by atoms with Gasteiger partial charge in [-0.1, -0.05) is 13.8 Å². The Bertz CT molecular complexity index is 198. The minimum absolute atomic E-state index is 0.0301. The third-order valence-electron chi connectivity index (χ3n) is 2.55. The second-order valence-electron chi connectivity index (χ2n) is 4.47. The molecule has 5 nitrogen and oxygen atoms in total. The minimum Gasteiger partial charge on any atom is -0.394 e. The molecule has 0 bridgehead atoms. The van der Waals surface area contributed by atoms with Crippen molar-refractivity contribution in [1.29, 1.82) is 0 Å². The van der Waals surface area contributed by atoms with E-state index in [1.165, 1.54) is 0 Å². The summed E-state index contributed by atoms with van der Waals surface area (Å²) in [5.41, 5.74) is 0. The van der Waals surface area contributed by atoms with Crippen LogP contribution < -0.4 is 10.6 Å². The van der Waals surface area contributed by atoms with Crippen molar-refractivity contribution in [3.8, 4) is 0 Å². The zero-order chi connectivity index (χ0) is 13.1. The van der Waals surface area contributed by atoms with Gasteiger partial charge in [0.2, 0.25) is 5.91 Å². The van der Waals surface area contributed by atoms with Crippen molar-refractivity contribution in [3.05, 3.63) is 0 Å². The number of carbonyl (C=O) groups is 1. The Kier molecular flexibility index (Phi) is 10.1. The average Bonchev–Trinajstić information content (AvgIpc) is 2.27. The normalized spacial score (nSPS) is 12.8. The fourth-order valence-electron chi connectivity index (χ4n) is 1.14. The molecule has 102 valence electrons. The predicted octanol–water partition coefficient (Wildman–Crippen LogP) is 0.136.